The normalized spacial score (nSPS) is 24.3. The number of aromatic nitrogens is 4. The van der Waals surface area contributed by atoms with E-state index in [9.17, 15) is 4.79 Å². The maximum atomic E-state index is 12.3. The van der Waals surface area contributed by atoms with E-state index in [-0.39, 0.29) is 18.8 Å². The van der Waals surface area contributed by atoms with Crippen LogP contribution in [0.1, 0.15) is 11.8 Å². The summed E-state index contributed by atoms with van der Waals surface area (Å²) in [5.74, 6) is 2.14. The van der Waals surface area contributed by atoms with Crippen molar-refractivity contribution in [3.05, 3.63) is 48.4 Å². The Morgan fingerprint density at radius 2 is 2.06 bits per heavy atom. The molecule has 1 aromatic carbocycles. The van der Waals surface area contributed by atoms with Crippen molar-refractivity contribution in [1.29, 1.82) is 0 Å². The molecule has 2 aromatic heterocycles. The number of nitrogens with one attached hydrogen (secondary N) is 1. The fourth-order valence-electron chi connectivity index (χ4n) is 3.73. The highest BCUT2D eigenvalue weighted by Crippen LogP contribution is 2.37. The van der Waals surface area contributed by atoms with Gasteiger partial charge in [0.05, 0.1) is 32.3 Å². The molecule has 4 heterocycles. The van der Waals surface area contributed by atoms with Crippen LogP contribution in [-0.4, -0.2) is 64.9 Å². The molecule has 168 valence electrons. The van der Waals surface area contributed by atoms with E-state index < -0.39 is 18.3 Å². The zero-order chi connectivity index (χ0) is 21.9. The first-order chi connectivity index (χ1) is 15.7. The lowest BCUT2D eigenvalue weighted by molar-refractivity contribution is 0.00751. The van der Waals surface area contributed by atoms with Crippen molar-refractivity contribution >= 4 is 23.5 Å². The van der Waals surface area contributed by atoms with Crippen LogP contribution < -0.4 is 10.1 Å². The summed E-state index contributed by atoms with van der Waals surface area (Å²) in [7, 11) is 1.58. The third-order valence-electron chi connectivity index (χ3n) is 5.28. The van der Waals surface area contributed by atoms with Crippen LogP contribution in [0.3, 0.4) is 0 Å². The number of anilines is 1. The van der Waals surface area contributed by atoms with Crippen molar-refractivity contribution in [3.8, 4) is 5.75 Å². The molecule has 1 N–H and O–H groups in total. The summed E-state index contributed by atoms with van der Waals surface area (Å²) in [6.07, 6.45) is -0.188. The number of methoxy groups -OCH3 is 1. The lowest BCUT2D eigenvalue weighted by Crippen LogP contribution is -2.35. The number of fused-ring (bicyclic) bond motifs is 1. The molecule has 0 aliphatic carbocycles. The van der Waals surface area contributed by atoms with Crippen LogP contribution in [0, 0.1) is 0 Å². The van der Waals surface area contributed by atoms with E-state index in [1.54, 1.807) is 42.3 Å². The van der Waals surface area contributed by atoms with Crippen LogP contribution in [0.25, 0.3) is 0 Å². The van der Waals surface area contributed by atoms with Crippen molar-refractivity contribution < 1.29 is 28.2 Å². The van der Waals surface area contributed by atoms with Gasteiger partial charge in [-0.2, -0.15) is 0 Å². The summed E-state index contributed by atoms with van der Waals surface area (Å²) < 4.78 is 29.6. The molecule has 0 radical (unpaired) electrons. The number of furan rings is 1. The highest BCUT2D eigenvalue weighted by molar-refractivity contribution is 7.98. The second-order valence-electron chi connectivity index (χ2n) is 7.23. The van der Waals surface area contributed by atoms with Gasteiger partial charge in [0.2, 0.25) is 5.16 Å². The van der Waals surface area contributed by atoms with Crippen LogP contribution in [-0.2, 0) is 20.0 Å². The average molecular weight is 459 g/mol. The Hall–Kier alpha value is -3.09. The molecule has 11 nitrogen and oxygen atoms in total. The monoisotopic (exact) mass is 459 g/mol. The van der Waals surface area contributed by atoms with Crippen molar-refractivity contribution in [2.75, 3.05) is 25.6 Å². The third kappa shape index (κ3) is 4.29. The Bertz CT molecular complexity index is 1040. The van der Waals surface area contributed by atoms with Crippen LogP contribution in [0.4, 0.5) is 10.5 Å². The van der Waals surface area contributed by atoms with Gasteiger partial charge in [-0.25, -0.2) is 9.48 Å². The van der Waals surface area contributed by atoms with Crippen LogP contribution in [0.5, 0.6) is 5.75 Å². The molecular weight excluding hydrogens is 438 g/mol. The molecule has 0 unspecified atom stereocenters. The van der Waals surface area contributed by atoms with Gasteiger partial charge >= 0.3 is 6.09 Å². The van der Waals surface area contributed by atoms with E-state index in [1.807, 2.05) is 12.1 Å². The van der Waals surface area contributed by atoms with Crippen molar-refractivity contribution in [3.63, 3.8) is 0 Å². The number of rotatable bonds is 7. The summed E-state index contributed by atoms with van der Waals surface area (Å²) in [4.78, 5) is 12.3. The minimum absolute atomic E-state index is 0.215. The Morgan fingerprint density at radius 1 is 1.22 bits per heavy atom. The van der Waals surface area contributed by atoms with Gasteiger partial charge in [-0.05, 0) is 46.8 Å². The maximum absolute atomic E-state index is 12.3. The molecule has 4 atom stereocenters. The average Bonchev–Trinajstić information content (AvgIpc) is 3.59. The Kier molecular flexibility index (Phi) is 5.97. The fraction of sp³-hybridized carbons (Fsp3) is 0.400. The number of hydrogen-bond donors (Lipinski definition) is 1. The minimum Gasteiger partial charge on any atom is -0.497 e. The second kappa shape index (κ2) is 9.18. The Labute approximate surface area is 187 Å². The first kappa shape index (κ1) is 20.8. The Balaban J connectivity index is 1.18. The second-order valence-corrected chi connectivity index (χ2v) is 8.18. The third-order valence-corrected chi connectivity index (χ3v) is 6.23. The molecule has 2 saturated heterocycles. The van der Waals surface area contributed by atoms with E-state index in [4.69, 9.17) is 23.4 Å². The van der Waals surface area contributed by atoms with Gasteiger partial charge in [-0.1, -0.05) is 11.8 Å². The van der Waals surface area contributed by atoms with E-state index in [2.05, 4.69) is 20.8 Å². The molecule has 3 aromatic rings. The molecule has 2 aliphatic rings. The molecule has 1 amide bonds. The number of benzene rings is 1. The topological polar surface area (TPSA) is 123 Å². The molecular formula is C20H21N5O6S. The molecule has 0 bridgehead atoms. The predicted octanol–water partition coefficient (Wildman–Crippen LogP) is 2.52. The van der Waals surface area contributed by atoms with Crippen molar-refractivity contribution in [2.45, 2.75) is 35.3 Å². The van der Waals surface area contributed by atoms with E-state index >= 15 is 0 Å². The minimum atomic E-state index is -0.575. The van der Waals surface area contributed by atoms with Gasteiger partial charge in [0.15, 0.2) is 6.10 Å². The van der Waals surface area contributed by atoms with Gasteiger partial charge in [0.1, 0.15) is 29.8 Å². The van der Waals surface area contributed by atoms with Crippen molar-refractivity contribution in [1.82, 2.24) is 20.2 Å². The first-order valence-corrected chi connectivity index (χ1v) is 11.0. The van der Waals surface area contributed by atoms with E-state index in [0.29, 0.717) is 29.0 Å². The largest absolute Gasteiger partial charge is 0.497 e. The molecule has 12 heteroatoms. The number of nitrogens with zero attached hydrogens (tertiary/aromatic N) is 4. The molecule has 32 heavy (non-hydrogen) atoms. The van der Waals surface area contributed by atoms with Gasteiger partial charge in [-0.3, -0.25) is 5.32 Å². The maximum Gasteiger partial charge on any atom is 0.412 e. The number of carbonyl (C=O) groups excluding carboxylic acids is 1. The highest BCUT2D eigenvalue weighted by Gasteiger charge is 2.51. The van der Waals surface area contributed by atoms with Crippen LogP contribution in [0.2, 0.25) is 0 Å². The molecule has 0 saturated carbocycles. The fourth-order valence-corrected chi connectivity index (χ4v) is 4.57. The summed E-state index contributed by atoms with van der Waals surface area (Å²) in [5.41, 5.74) is 0.600. The zero-order valence-electron chi connectivity index (χ0n) is 17.1. The summed E-state index contributed by atoms with van der Waals surface area (Å²) in [6.45, 7) is 0.591. The Morgan fingerprint density at radius 3 is 2.84 bits per heavy atom. The van der Waals surface area contributed by atoms with E-state index in [1.165, 1.54) is 11.8 Å². The number of carbonyl (C=O) groups is 1. The van der Waals surface area contributed by atoms with E-state index in [0.717, 1.165) is 5.76 Å². The smallest absolute Gasteiger partial charge is 0.412 e. The molecule has 0 spiro atoms. The molecule has 2 aliphatic heterocycles. The number of tetrazole rings is 1. The van der Waals surface area contributed by atoms with Gasteiger partial charge < -0.3 is 23.4 Å². The molecule has 5 rings (SSSR count). The molecule has 2 fully saturated rings. The lowest BCUT2D eigenvalue weighted by atomic mass is 10.1. The summed E-state index contributed by atoms with van der Waals surface area (Å²) in [5, 5.41) is 15.4. The van der Waals surface area contributed by atoms with Gasteiger partial charge in [0, 0.05) is 5.69 Å². The van der Waals surface area contributed by atoms with Crippen LogP contribution in [0.15, 0.2) is 52.2 Å². The van der Waals surface area contributed by atoms with Crippen LogP contribution >= 0.6 is 11.8 Å². The SMILES string of the molecule is COc1ccc(NC(=O)O[C@H]2CO[C@@H]3[C@@H]2OC[C@@H]3n2nnnc2SCc2ccco2)cc1. The number of thioether (sulfide) groups is 1. The van der Waals surface area contributed by atoms with Gasteiger partial charge in [0.25, 0.3) is 0 Å². The first-order valence-electron chi connectivity index (χ1n) is 9.99. The summed E-state index contributed by atoms with van der Waals surface area (Å²) in [6, 6.07) is 10.5. The number of amides is 1. The standard InChI is InChI=1S/C20H21N5O6S/c1-27-13-6-4-12(5-7-13)21-20(26)31-16-10-30-17-15(9-29-18(16)17)25-19(22-23-24-25)32-11-14-3-2-8-28-14/h2-8,15-18H,9-11H2,1H3,(H,21,26)/t15-,16-,17-,18+/m0/s1. The number of ether oxygens (including phenoxy) is 4. The predicted molar refractivity (Wildman–Crippen MR) is 111 cm³/mol. The lowest BCUT2D eigenvalue weighted by Gasteiger charge is -2.17. The summed E-state index contributed by atoms with van der Waals surface area (Å²) >= 11 is 1.47. The highest BCUT2D eigenvalue weighted by atomic mass is 32.2. The zero-order valence-corrected chi connectivity index (χ0v) is 17.9. The number of hydrogen-bond acceptors (Lipinski definition) is 10. The van der Waals surface area contributed by atoms with Crippen molar-refractivity contribution in [2.24, 2.45) is 0 Å². The van der Waals surface area contributed by atoms with Gasteiger partial charge in [-0.15, -0.1) is 5.10 Å². The quantitative estimate of drug-likeness (QED) is 0.527.